The second kappa shape index (κ2) is 9.54. The summed E-state index contributed by atoms with van der Waals surface area (Å²) in [6.45, 7) is 0. The maximum Gasteiger partial charge on any atom is 0.164 e. The van der Waals surface area contributed by atoms with E-state index in [4.69, 9.17) is 21.2 Å². The van der Waals surface area contributed by atoms with Crippen molar-refractivity contribution in [3.63, 3.8) is 0 Å². The van der Waals surface area contributed by atoms with Crippen molar-refractivity contribution in [1.82, 2.24) is 15.0 Å². The molecular weight excluding hydrogens is 502 g/mol. The minimum Gasteiger partial charge on any atom is -0.456 e. The summed E-state index contributed by atoms with van der Waals surface area (Å²) in [6.07, 6.45) is 0. The van der Waals surface area contributed by atoms with E-state index in [1.54, 1.807) is 0 Å². The van der Waals surface area contributed by atoms with Crippen LogP contribution in [0.1, 0.15) is 6.85 Å². The lowest BCUT2D eigenvalue weighted by molar-refractivity contribution is 0.669. The topological polar surface area (TPSA) is 51.8 Å². The highest BCUT2D eigenvalue weighted by atomic mass is 16.3. The first-order chi connectivity index (χ1) is 22.4. The Morgan fingerprint density at radius 3 is 2.00 bits per heavy atom. The average Bonchev–Trinajstić information content (AvgIpc) is 3.49. The lowest BCUT2D eigenvalue weighted by Gasteiger charge is -2.10. The maximum atomic E-state index is 8.62. The van der Waals surface area contributed by atoms with E-state index < -0.39 is 18.1 Å². The molecule has 4 nitrogen and oxygen atoms in total. The monoisotopic (exact) mass is 530 g/mol. The van der Waals surface area contributed by atoms with Gasteiger partial charge in [-0.1, -0.05) is 115 Å². The molecule has 2 aromatic heterocycles. The molecule has 4 heteroatoms. The molecule has 0 aliphatic carbocycles. The molecule has 0 saturated heterocycles. The minimum atomic E-state index is -0.476. The third kappa shape index (κ3) is 4.14. The molecule has 8 aromatic rings. The molecule has 192 valence electrons. The Morgan fingerprint density at radius 1 is 0.488 bits per heavy atom. The molecule has 0 saturated carbocycles. The van der Waals surface area contributed by atoms with E-state index in [-0.39, 0.29) is 23.5 Å². The van der Waals surface area contributed by atoms with Crippen LogP contribution in [0.4, 0.5) is 0 Å². The highest BCUT2D eigenvalue weighted by Crippen LogP contribution is 2.37. The third-order valence-electron chi connectivity index (χ3n) is 7.20. The smallest absolute Gasteiger partial charge is 0.164 e. The molecule has 0 unspecified atom stereocenters. The van der Waals surface area contributed by atoms with Gasteiger partial charge in [0.25, 0.3) is 0 Å². The minimum absolute atomic E-state index is 0.00140. The second-order valence-electron chi connectivity index (χ2n) is 9.73. The number of para-hydroxylation sites is 1. The third-order valence-corrected chi connectivity index (χ3v) is 7.20. The van der Waals surface area contributed by atoms with Gasteiger partial charge in [-0.15, -0.1) is 0 Å². The zero-order valence-electron chi connectivity index (χ0n) is 26.6. The van der Waals surface area contributed by atoms with Crippen molar-refractivity contribution in [2.75, 3.05) is 0 Å². The number of rotatable bonds is 4. The predicted octanol–water partition coefficient (Wildman–Crippen LogP) is 9.59. The van der Waals surface area contributed by atoms with Crippen molar-refractivity contribution < 1.29 is 11.3 Å². The number of nitrogens with zero attached hydrogens (tertiary/aromatic N) is 3. The highest BCUT2D eigenvalue weighted by molar-refractivity contribution is 6.12. The number of aromatic nitrogens is 3. The number of fused-ring (bicyclic) bond motifs is 4. The van der Waals surface area contributed by atoms with Crippen LogP contribution < -0.4 is 0 Å². The van der Waals surface area contributed by atoms with E-state index in [0.717, 1.165) is 43.8 Å². The van der Waals surface area contributed by atoms with Gasteiger partial charge >= 0.3 is 0 Å². The van der Waals surface area contributed by atoms with Crippen molar-refractivity contribution >= 4 is 32.7 Å². The van der Waals surface area contributed by atoms with Gasteiger partial charge in [0.15, 0.2) is 17.5 Å². The molecule has 41 heavy (non-hydrogen) atoms. The van der Waals surface area contributed by atoms with E-state index in [1.807, 2.05) is 103 Å². The van der Waals surface area contributed by atoms with Gasteiger partial charge in [-0.25, -0.2) is 15.0 Å². The van der Waals surface area contributed by atoms with E-state index in [2.05, 4.69) is 11.1 Å². The van der Waals surface area contributed by atoms with Crippen LogP contribution in [0.25, 0.3) is 78.0 Å². The van der Waals surface area contributed by atoms with Gasteiger partial charge in [0, 0.05) is 27.5 Å². The Bertz CT molecular complexity index is 2480. The fourth-order valence-electron chi connectivity index (χ4n) is 5.28. The first-order valence-corrected chi connectivity index (χ1v) is 13.2. The number of benzene rings is 6. The van der Waals surface area contributed by atoms with Crippen molar-refractivity contribution in [1.29, 1.82) is 0 Å². The molecule has 2 heterocycles. The van der Waals surface area contributed by atoms with Crippen molar-refractivity contribution in [2.45, 2.75) is 0 Å². The summed E-state index contributed by atoms with van der Waals surface area (Å²) >= 11 is 0. The van der Waals surface area contributed by atoms with Crippen molar-refractivity contribution in [3.05, 3.63) is 139 Å². The summed E-state index contributed by atoms with van der Waals surface area (Å²) in [7, 11) is 0. The van der Waals surface area contributed by atoms with Gasteiger partial charge < -0.3 is 4.42 Å². The average molecular weight is 531 g/mol. The molecule has 0 aliphatic rings. The van der Waals surface area contributed by atoms with Crippen molar-refractivity contribution in [3.8, 4) is 45.3 Å². The van der Waals surface area contributed by atoms with Crippen LogP contribution in [0.3, 0.4) is 0 Å². The van der Waals surface area contributed by atoms with Gasteiger partial charge in [0.1, 0.15) is 11.2 Å². The highest BCUT2D eigenvalue weighted by Gasteiger charge is 2.15. The maximum absolute atomic E-state index is 8.62. The van der Waals surface area contributed by atoms with Crippen LogP contribution in [0.2, 0.25) is 0 Å². The lowest BCUT2D eigenvalue weighted by Crippen LogP contribution is -2.00. The Hall–Kier alpha value is -5.61. The van der Waals surface area contributed by atoms with Crippen LogP contribution in [-0.4, -0.2) is 15.0 Å². The van der Waals surface area contributed by atoms with Crippen molar-refractivity contribution in [2.24, 2.45) is 0 Å². The van der Waals surface area contributed by atoms with Gasteiger partial charge in [0.2, 0.25) is 0 Å². The molecule has 0 atom stereocenters. The molecule has 0 bridgehead atoms. The first kappa shape index (κ1) is 18.6. The van der Waals surface area contributed by atoms with Gasteiger partial charge in [-0.3, -0.25) is 0 Å². The molecule has 0 N–H and O–H groups in total. The Kier molecular flexibility index (Phi) is 4.34. The SMILES string of the molecule is [2H]c1c([2H])c([2H])c(-c2nc(-c3cccc(-c4cccc5oc6ccccc6c45)c3)nc(-c3ccc4ccccc4c3)n2)c([2H])c1[2H]. The summed E-state index contributed by atoms with van der Waals surface area (Å²) in [6, 6.07) is 33.4. The van der Waals surface area contributed by atoms with E-state index >= 15 is 0 Å². The van der Waals surface area contributed by atoms with Crippen LogP contribution in [0.5, 0.6) is 0 Å². The number of hydrogen-bond donors (Lipinski definition) is 0. The molecular formula is C37H23N3O. The zero-order valence-corrected chi connectivity index (χ0v) is 21.6. The van der Waals surface area contributed by atoms with E-state index in [9.17, 15) is 0 Å². The summed E-state index contributed by atoms with van der Waals surface area (Å²) in [4.78, 5) is 14.3. The van der Waals surface area contributed by atoms with E-state index in [0.29, 0.717) is 22.8 Å². The van der Waals surface area contributed by atoms with Crippen LogP contribution in [-0.2, 0) is 0 Å². The van der Waals surface area contributed by atoms with Crippen LogP contribution >= 0.6 is 0 Å². The standard InChI is InChI=1S/C37H23N3O/c1-2-11-25(12-3-1)35-38-36(40-37(39-35)29-21-20-24-10-4-5-13-26(24)22-29)28-15-8-14-27(23-28)30-17-9-19-33-34(30)31-16-6-7-18-32(31)41-33/h1-23H/i1D,2D,3D,11D,12D. The fourth-order valence-corrected chi connectivity index (χ4v) is 5.28. The number of hydrogen-bond acceptors (Lipinski definition) is 4. The predicted molar refractivity (Wildman–Crippen MR) is 166 cm³/mol. The van der Waals surface area contributed by atoms with Gasteiger partial charge in [-0.2, -0.15) is 0 Å². The molecule has 0 radical (unpaired) electrons. The van der Waals surface area contributed by atoms with Crippen LogP contribution in [0, 0.1) is 0 Å². The Morgan fingerprint density at radius 2 is 1.15 bits per heavy atom. The quantitative estimate of drug-likeness (QED) is 0.227. The summed E-state index contributed by atoms with van der Waals surface area (Å²) in [5, 5.41) is 4.07. The molecule has 0 fully saturated rings. The van der Waals surface area contributed by atoms with Gasteiger partial charge in [0.05, 0.1) is 6.85 Å². The van der Waals surface area contributed by atoms with Gasteiger partial charge in [-0.05, 0) is 46.2 Å². The second-order valence-corrected chi connectivity index (χ2v) is 9.73. The lowest BCUT2D eigenvalue weighted by atomic mass is 9.98. The molecule has 6 aromatic carbocycles. The summed E-state index contributed by atoms with van der Waals surface area (Å²) < 4.78 is 48.0. The molecule has 0 spiro atoms. The molecule has 0 amide bonds. The molecule has 0 aliphatic heterocycles. The Labute approximate surface area is 243 Å². The first-order valence-electron chi connectivity index (χ1n) is 15.7. The zero-order chi connectivity index (χ0) is 31.5. The normalized spacial score (nSPS) is 13.1. The van der Waals surface area contributed by atoms with Crippen LogP contribution in [0.15, 0.2) is 144 Å². The fraction of sp³-hybridized carbons (Fsp3) is 0. The summed E-state index contributed by atoms with van der Waals surface area (Å²) in [5.41, 5.74) is 4.81. The Balaban J connectivity index is 1.36. The number of furan rings is 1. The van der Waals surface area contributed by atoms with E-state index in [1.165, 1.54) is 0 Å². The summed E-state index contributed by atoms with van der Waals surface area (Å²) in [5.74, 6) is 0.635. The largest absolute Gasteiger partial charge is 0.456 e. The molecule has 8 rings (SSSR count).